The highest BCUT2D eigenvalue weighted by molar-refractivity contribution is 4.85. The van der Waals surface area contributed by atoms with Crippen LogP contribution in [0.3, 0.4) is 0 Å². The molecule has 2 heteroatoms. The van der Waals surface area contributed by atoms with Crippen molar-refractivity contribution in [2.75, 3.05) is 13.2 Å². The fraction of sp³-hybridized carbons (Fsp3) is 1.00. The minimum absolute atomic E-state index is 0.326. The molecule has 9 heavy (non-hydrogen) atoms. The van der Waals surface area contributed by atoms with Crippen LogP contribution >= 0.6 is 0 Å². The van der Waals surface area contributed by atoms with E-state index in [0.29, 0.717) is 19.6 Å². The predicted molar refractivity (Wildman–Crippen MR) is 34.2 cm³/mol. The summed E-state index contributed by atoms with van der Waals surface area (Å²) in [6, 6.07) is 0. The SMILES string of the molecule is CCCCC1(F)COC1. The second kappa shape index (κ2) is 2.65. The maximum Gasteiger partial charge on any atom is 0.157 e. The zero-order valence-electron chi connectivity index (χ0n) is 5.82. The maximum absolute atomic E-state index is 13.0. The van der Waals surface area contributed by atoms with Gasteiger partial charge < -0.3 is 4.74 Å². The van der Waals surface area contributed by atoms with Crippen molar-refractivity contribution < 1.29 is 9.13 Å². The summed E-state index contributed by atoms with van der Waals surface area (Å²) in [5, 5.41) is 0. The van der Waals surface area contributed by atoms with E-state index in [0.717, 1.165) is 12.8 Å². The third-order valence-corrected chi connectivity index (χ3v) is 1.70. The molecular formula is C7H13FO. The summed E-state index contributed by atoms with van der Waals surface area (Å²) in [5.74, 6) is 0. The number of halogens is 1. The molecule has 0 aromatic carbocycles. The molecule has 0 radical (unpaired) electrons. The van der Waals surface area contributed by atoms with Gasteiger partial charge in [0.05, 0.1) is 13.2 Å². The smallest absolute Gasteiger partial charge is 0.157 e. The van der Waals surface area contributed by atoms with Gasteiger partial charge in [0.15, 0.2) is 5.67 Å². The molecule has 0 amide bonds. The van der Waals surface area contributed by atoms with Gasteiger partial charge in [-0.2, -0.15) is 0 Å². The van der Waals surface area contributed by atoms with E-state index >= 15 is 0 Å². The summed E-state index contributed by atoms with van der Waals surface area (Å²) < 4.78 is 17.7. The molecule has 0 aromatic heterocycles. The molecule has 0 saturated carbocycles. The zero-order valence-corrected chi connectivity index (χ0v) is 5.82. The molecule has 0 aromatic rings. The predicted octanol–water partition coefficient (Wildman–Crippen LogP) is 1.92. The number of hydrogen-bond acceptors (Lipinski definition) is 1. The first-order valence-electron chi connectivity index (χ1n) is 3.53. The third kappa shape index (κ3) is 1.65. The van der Waals surface area contributed by atoms with Crippen LogP contribution in [0.1, 0.15) is 26.2 Å². The molecule has 1 nitrogen and oxygen atoms in total. The van der Waals surface area contributed by atoms with E-state index in [2.05, 4.69) is 6.92 Å². The second-order valence-electron chi connectivity index (χ2n) is 2.75. The Kier molecular flexibility index (Phi) is 2.06. The molecule has 0 N–H and O–H groups in total. The average molecular weight is 132 g/mol. The van der Waals surface area contributed by atoms with E-state index in [-0.39, 0.29) is 0 Å². The van der Waals surface area contributed by atoms with Gasteiger partial charge in [0, 0.05) is 0 Å². The monoisotopic (exact) mass is 132 g/mol. The topological polar surface area (TPSA) is 9.23 Å². The number of unbranched alkanes of at least 4 members (excludes halogenated alkanes) is 1. The van der Waals surface area contributed by atoms with Crippen LogP contribution in [0, 0.1) is 0 Å². The van der Waals surface area contributed by atoms with Crippen LogP contribution in [0.15, 0.2) is 0 Å². The molecule has 1 fully saturated rings. The van der Waals surface area contributed by atoms with Crippen molar-refractivity contribution in [1.82, 2.24) is 0 Å². The van der Waals surface area contributed by atoms with Gasteiger partial charge in [0.2, 0.25) is 0 Å². The lowest BCUT2D eigenvalue weighted by Gasteiger charge is -2.33. The van der Waals surface area contributed by atoms with E-state index in [1.807, 2.05) is 0 Å². The molecule has 0 atom stereocenters. The third-order valence-electron chi connectivity index (χ3n) is 1.70. The summed E-state index contributed by atoms with van der Waals surface area (Å²) in [4.78, 5) is 0. The Morgan fingerprint density at radius 3 is 2.56 bits per heavy atom. The van der Waals surface area contributed by atoms with Crippen molar-refractivity contribution in [3.05, 3.63) is 0 Å². The molecule has 1 aliphatic heterocycles. The molecule has 54 valence electrons. The lowest BCUT2D eigenvalue weighted by molar-refractivity contribution is -0.134. The van der Waals surface area contributed by atoms with Crippen LogP contribution in [0.5, 0.6) is 0 Å². The van der Waals surface area contributed by atoms with Gasteiger partial charge in [-0.05, 0) is 6.42 Å². The van der Waals surface area contributed by atoms with Crippen LogP contribution in [0.4, 0.5) is 4.39 Å². The van der Waals surface area contributed by atoms with Crippen molar-refractivity contribution in [1.29, 1.82) is 0 Å². The minimum Gasteiger partial charge on any atom is -0.375 e. The van der Waals surface area contributed by atoms with Crippen molar-refractivity contribution >= 4 is 0 Å². The molecule has 1 saturated heterocycles. The van der Waals surface area contributed by atoms with Crippen molar-refractivity contribution in [3.8, 4) is 0 Å². The highest BCUT2D eigenvalue weighted by Crippen LogP contribution is 2.27. The van der Waals surface area contributed by atoms with E-state index < -0.39 is 5.67 Å². The Bertz CT molecular complexity index is 88.9. The molecule has 0 spiro atoms. The van der Waals surface area contributed by atoms with Crippen LogP contribution in [-0.2, 0) is 4.74 Å². The van der Waals surface area contributed by atoms with Crippen molar-refractivity contribution in [2.45, 2.75) is 31.9 Å². The van der Waals surface area contributed by atoms with Crippen LogP contribution in [0.2, 0.25) is 0 Å². The highest BCUT2D eigenvalue weighted by atomic mass is 19.1. The second-order valence-corrected chi connectivity index (χ2v) is 2.75. The van der Waals surface area contributed by atoms with Gasteiger partial charge in [-0.15, -0.1) is 0 Å². The summed E-state index contributed by atoms with van der Waals surface area (Å²) in [7, 11) is 0. The minimum atomic E-state index is -0.948. The highest BCUT2D eigenvalue weighted by Gasteiger charge is 2.37. The Balaban J connectivity index is 2.09. The Labute approximate surface area is 55.2 Å². The van der Waals surface area contributed by atoms with Gasteiger partial charge in [-0.1, -0.05) is 19.8 Å². The molecule has 0 unspecified atom stereocenters. The molecule has 0 bridgehead atoms. The lowest BCUT2D eigenvalue weighted by atomic mass is 9.97. The largest absolute Gasteiger partial charge is 0.375 e. The average Bonchev–Trinajstić information content (AvgIpc) is 1.79. The molecule has 1 rings (SSSR count). The van der Waals surface area contributed by atoms with Crippen LogP contribution in [-0.4, -0.2) is 18.9 Å². The first-order valence-corrected chi connectivity index (χ1v) is 3.53. The summed E-state index contributed by atoms with van der Waals surface area (Å²) in [6.07, 6.45) is 2.75. The van der Waals surface area contributed by atoms with Gasteiger partial charge >= 0.3 is 0 Å². The Morgan fingerprint density at radius 1 is 1.56 bits per heavy atom. The molecule has 1 heterocycles. The summed E-state index contributed by atoms with van der Waals surface area (Å²) in [6.45, 7) is 2.73. The first-order chi connectivity index (χ1) is 4.27. The van der Waals surface area contributed by atoms with Crippen LogP contribution < -0.4 is 0 Å². The van der Waals surface area contributed by atoms with Gasteiger partial charge in [0.25, 0.3) is 0 Å². The van der Waals surface area contributed by atoms with Gasteiger partial charge in [-0.25, -0.2) is 4.39 Å². The Hall–Kier alpha value is -0.110. The zero-order chi connectivity index (χ0) is 6.74. The first kappa shape index (κ1) is 7.00. The van der Waals surface area contributed by atoms with E-state index in [1.54, 1.807) is 0 Å². The number of hydrogen-bond donors (Lipinski definition) is 0. The summed E-state index contributed by atoms with van der Waals surface area (Å²) in [5.41, 5.74) is -0.948. The number of alkyl halides is 1. The van der Waals surface area contributed by atoms with Gasteiger partial charge in [-0.3, -0.25) is 0 Å². The maximum atomic E-state index is 13.0. The number of rotatable bonds is 3. The fourth-order valence-corrected chi connectivity index (χ4v) is 0.961. The fourth-order valence-electron chi connectivity index (χ4n) is 0.961. The van der Waals surface area contributed by atoms with Gasteiger partial charge in [0.1, 0.15) is 0 Å². The van der Waals surface area contributed by atoms with E-state index in [4.69, 9.17) is 4.74 Å². The summed E-state index contributed by atoms with van der Waals surface area (Å²) >= 11 is 0. The van der Waals surface area contributed by atoms with Crippen molar-refractivity contribution in [2.24, 2.45) is 0 Å². The van der Waals surface area contributed by atoms with Crippen molar-refractivity contribution in [3.63, 3.8) is 0 Å². The van der Waals surface area contributed by atoms with E-state index in [1.165, 1.54) is 0 Å². The molecule has 0 aliphatic carbocycles. The Morgan fingerprint density at radius 2 is 2.22 bits per heavy atom. The number of ether oxygens (including phenoxy) is 1. The normalized spacial score (nSPS) is 23.3. The quantitative estimate of drug-likeness (QED) is 0.570. The molecular weight excluding hydrogens is 119 g/mol. The van der Waals surface area contributed by atoms with E-state index in [9.17, 15) is 4.39 Å². The van der Waals surface area contributed by atoms with Crippen LogP contribution in [0.25, 0.3) is 0 Å². The lowest BCUT2D eigenvalue weighted by Crippen LogP contribution is -2.45. The molecule has 1 aliphatic rings. The standard InChI is InChI=1S/C7H13FO/c1-2-3-4-7(8)5-9-6-7/h2-6H2,1H3.